The smallest absolute Gasteiger partial charge is 0.225 e. The highest BCUT2D eigenvalue weighted by Crippen LogP contribution is 2.36. The van der Waals surface area contributed by atoms with Gasteiger partial charge < -0.3 is 14.5 Å². The summed E-state index contributed by atoms with van der Waals surface area (Å²) in [5, 5.41) is 4.91. The van der Waals surface area contributed by atoms with E-state index in [-0.39, 0.29) is 5.91 Å². The third kappa shape index (κ3) is 2.76. The molecule has 1 aromatic heterocycles. The number of para-hydroxylation sites is 1. The quantitative estimate of drug-likeness (QED) is 0.763. The molecule has 0 unspecified atom stereocenters. The Morgan fingerprint density at radius 2 is 2.05 bits per heavy atom. The van der Waals surface area contributed by atoms with Crippen LogP contribution < -0.4 is 10.1 Å². The van der Waals surface area contributed by atoms with Crippen molar-refractivity contribution in [3.63, 3.8) is 0 Å². The van der Waals surface area contributed by atoms with Crippen molar-refractivity contribution in [3.05, 3.63) is 36.4 Å². The van der Waals surface area contributed by atoms with E-state index in [1.807, 2.05) is 42.7 Å². The zero-order chi connectivity index (χ0) is 15.5. The second-order valence-corrected chi connectivity index (χ2v) is 5.92. The van der Waals surface area contributed by atoms with E-state index in [9.17, 15) is 4.79 Å². The van der Waals surface area contributed by atoms with Crippen molar-refractivity contribution in [3.8, 4) is 5.75 Å². The molecule has 5 heteroatoms. The van der Waals surface area contributed by atoms with Crippen LogP contribution in [0.4, 0.5) is 5.69 Å². The number of amides is 1. The molecular weight excluding hydrogens is 298 g/mol. The minimum absolute atomic E-state index is 0.0249. The van der Waals surface area contributed by atoms with Gasteiger partial charge in [-0.25, -0.2) is 0 Å². The van der Waals surface area contributed by atoms with Gasteiger partial charge in [0.25, 0.3) is 0 Å². The second kappa shape index (κ2) is 6.32. The highest BCUT2D eigenvalue weighted by Gasteiger charge is 2.13. The zero-order valence-electron chi connectivity index (χ0n) is 12.5. The molecule has 1 N–H and O–H groups in total. The van der Waals surface area contributed by atoms with Gasteiger partial charge in [-0.3, -0.25) is 4.79 Å². The molecule has 0 aliphatic heterocycles. The van der Waals surface area contributed by atoms with Crippen LogP contribution in [0.15, 0.2) is 40.8 Å². The van der Waals surface area contributed by atoms with Gasteiger partial charge in [0.05, 0.1) is 12.8 Å². The van der Waals surface area contributed by atoms with E-state index >= 15 is 0 Å². The highest BCUT2D eigenvalue weighted by molar-refractivity contribution is 7.98. The molecular formula is C17H17NO3S. The van der Waals surface area contributed by atoms with Gasteiger partial charge >= 0.3 is 0 Å². The molecule has 0 bridgehead atoms. The van der Waals surface area contributed by atoms with Crippen molar-refractivity contribution >= 4 is 45.3 Å². The first-order valence-corrected chi connectivity index (χ1v) is 8.40. The number of hydrogen-bond donors (Lipinski definition) is 1. The fourth-order valence-corrected chi connectivity index (χ4v) is 2.82. The number of fused-ring (bicyclic) bond motifs is 3. The topological polar surface area (TPSA) is 51.5 Å². The van der Waals surface area contributed by atoms with E-state index in [1.165, 1.54) is 0 Å². The number of rotatable bonds is 5. The summed E-state index contributed by atoms with van der Waals surface area (Å²) in [6.45, 7) is 0. The van der Waals surface area contributed by atoms with Crippen LogP contribution in [-0.2, 0) is 4.79 Å². The van der Waals surface area contributed by atoms with Crippen LogP contribution in [0.3, 0.4) is 0 Å². The number of nitrogens with one attached hydrogen (secondary N) is 1. The summed E-state index contributed by atoms with van der Waals surface area (Å²) in [6, 6.07) is 11.6. The van der Waals surface area contributed by atoms with Crippen molar-refractivity contribution in [1.82, 2.24) is 0 Å². The van der Waals surface area contributed by atoms with E-state index in [1.54, 1.807) is 18.9 Å². The summed E-state index contributed by atoms with van der Waals surface area (Å²) in [7, 11) is 1.60. The predicted octanol–water partition coefficient (Wildman–Crippen LogP) is 4.29. The van der Waals surface area contributed by atoms with Crippen molar-refractivity contribution in [1.29, 1.82) is 0 Å². The number of hydrogen-bond acceptors (Lipinski definition) is 4. The molecule has 2 aromatic carbocycles. The lowest BCUT2D eigenvalue weighted by Gasteiger charge is -2.10. The number of anilines is 1. The van der Waals surface area contributed by atoms with E-state index < -0.39 is 0 Å². The molecule has 0 saturated carbocycles. The zero-order valence-corrected chi connectivity index (χ0v) is 13.3. The Hall–Kier alpha value is -2.14. The molecule has 0 atom stereocenters. The third-order valence-electron chi connectivity index (χ3n) is 3.51. The third-order valence-corrected chi connectivity index (χ3v) is 4.12. The number of furan rings is 1. The number of benzene rings is 2. The Balaban J connectivity index is 2.02. The maximum atomic E-state index is 11.9. The van der Waals surface area contributed by atoms with Crippen LogP contribution in [0.1, 0.15) is 6.42 Å². The van der Waals surface area contributed by atoms with E-state index in [2.05, 4.69) is 5.32 Å². The summed E-state index contributed by atoms with van der Waals surface area (Å²) in [5.74, 6) is 1.40. The largest absolute Gasteiger partial charge is 0.495 e. The van der Waals surface area contributed by atoms with Crippen LogP contribution in [0.25, 0.3) is 21.9 Å². The number of methoxy groups -OCH3 is 1. The molecule has 0 aliphatic rings. The normalized spacial score (nSPS) is 11.0. The molecule has 0 aliphatic carbocycles. The van der Waals surface area contributed by atoms with Crippen molar-refractivity contribution in [2.24, 2.45) is 0 Å². The van der Waals surface area contributed by atoms with Crippen molar-refractivity contribution in [2.75, 3.05) is 24.4 Å². The molecule has 0 fully saturated rings. The van der Waals surface area contributed by atoms with Gasteiger partial charge in [-0.05, 0) is 18.4 Å². The van der Waals surface area contributed by atoms with Gasteiger partial charge in [0.2, 0.25) is 5.91 Å². The number of ether oxygens (including phenoxy) is 1. The van der Waals surface area contributed by atoms with Crippen molar-refractivity contribution < 1.29 is 13.9 Å². The maximum Gasteiger partial charge on any atom is 0.225 e. The average molecular weight is 315 g/mol. The van der Waals surface area contributed by atoms with Crippen molar-refractivity contribution in [2.45, 2.75) is 6.42 Å². The second-order valence-electron chi connectivity index (χ2n) is 4.94. The van der Waals surface area contributed by atoms with Crippen LogP contribution >= 0.6 is 11.8 Å². The van der Waals surface area contributed by atoms with Crippen LogP contribution in [-0.4, -0.2) is 25.0 Å². The molecule has 114 valence electrons. The lowest BCUT2D eigenvalue weighted by atomic mass is 10.1. The van der Waals surface area contributed by atoms with E-state index in [4.69, 9.17) is 9.15 Å². The summed E-state index contributed by atoms with van der Waals surface area (Å²) in [5.41, 5.74) is 2.20. The molecule has 0 spiro atoms. The Bertz CT molecular complexity index is 825. The number of thioether (sulfide) groups is 1. The molecule has 3 rings (SSSR count). The summed E-state index contributed by atoms with van der Waals surface area (Å²) in [4.78, 5) is 11.9. The average Bonchev–Trinajstić information content (AvgIpc) is 2.89. The van der Waals surface area contributed by atoms with Gasteiger partial charge in [-0.1, -0.05) is 18.2 Å². The minimum atomic E-state index is -0.0249. The molecule has 1 heterocycles. The minimum Gasteiger partial charge on any atom is -0.495 e. The Morgan fingerprint density at radius 3 is 2.82 bits per heavy atom. The summed E-state index contributed by atoms with van der Waals surface area (Å²) < 4.78 is 11.3. The molecule has 1 amide bonds. The van der Waals surface area contributed by atoms with Crippen LogP contribution in [0.2, 0.25) is 0 Å². The first-order chi connectivity index (χ1) is 10.7. The molecule has 0 saturated heterocycles. The molecule has 0 radical (unpaired) electrons. The first-order valence-electron chi connectivity index (χ1n) is 7.01. The predicted molar refractivity (Wildman–Crippen MR) is 91.9 cm³/mol. The lowest BCUT2D eigenvalue weighted by Crippen LogP contribution is -2.12. The molecule has 3 aromatic rings. The standard InChI is InChI=1S/C17H17NO3S/c1-20-16-9-12-11-5-3-4-6-14(11)21-15(12)10-13(16)18-17(19)7-8-22-2/h3-6,9-10H,7-8H2,1-2H3,(H,18,19). The summed E-state index contributed by atoms with van der Waals surface area (Å²) in [6.07, 6.45) is 2.46. The van der Waals surface area contributed by atoms with Gasteiger partial charge in [-0.15, -0.1) is 0 Å². The van der Waals surface area contributed by atoms with Gasteiger partial charge in [0.15, 0.2) is 0 Å². The fraction of sp³-hybridized carbons (Fsp3) is 0.235. The molecule has 4 nitrogen and oxygen atoms in total. The maximum absolute atomic E-state index is 11.9. The monoisotopic (exact) mass is 315 g/mol. The van der Waals surface area contributed by atoms with E-state index in [0.717, 1.165) is 27.7 Å². The summed E-state index contributed by atoms with van der Waals surface area (Å²) >= 11 is 1.65. The highest BCUT2D eigenvalue weighted by atomic mass is 32.2. The molecule has 22 heavy (non-hydrogen) atoms. The van der Waals surface area contributed by atoms with Gasteiger partial charge in [-0.2, -0.15) is 11.8 Å². The van der Waals surface area contributed by atoms with Crippen LogP contribution in [0.5, 0.6) is 5.75 Å². The number of carbonyl (C=O) groups is 1. The lowest BCUT2D eigenvalue weighted by molar-refractivity contribution is -0.115. The first kappa shape index (κ1) is 14.8. The Kier molecular flexibility index (Phi) is 4.24. The SMILES string of the molecule is COc1cc2c(cc1NC(=O)CCSC)oc1ccccc12. The fourth-order valence-electron chi connectivity index (χ4n) is 2.43. The number of carbonyl (C=O) groups excluding carboxylic acids is 1. The van der Waals surface area contributed by atoms with E-state index in [0.29, 0.717) is 17.9 Å². The Labute approximate surface area is 132 Å². The Morgan fingerprint density at radius 1 is 1.23 bits per heavy atom. The van der Waals surface area contributed by atoms with Gasteiger partial charge in [0.1, 0.15) is 16.9 Å². The van der Waals surface area contributed by atoms with Gasteiger partial charge in [0, 0.05) is 29.0 Å². The van der Waals surface area contributed by atoms with Crippen LogP contribution in [0, 0.1) is 0 Å².